The van der Waals surface area contributed by atoms with Gasteiger partial charge in [-0.05, 0) is 19.1 Å². The number of aromatic nitrogens is 4. The van der Waals surface area contributed by atoms with Crippen LogP contribution in [0.5, 0.6) is 0 Å². The molecule has 0 saturated carbocycles. The molecule has 3 aromatic rings. The van der Waals surface area contributed by atoms with Crippen molar-refractivity contribution in [1.29, 1.82) is 0 Å². The van der Waals surface area contributed by atoms with Gasteiger partial charge in [-0.25, -0.2) is 4.39 Å². The Morgan fingerprint density at radius 3 is 2.65 bits per heavy atom. The zero-order valence-corrected chi connectivity index (χ0v) is 11.6. The van der Waals surface area contributed by atoms with E-state index in [1.54, 1.807) is 30.1 Å². The molecule has 0 fully saturated rings. The van der Waals surface area contributed by atoms with E-state index in [1.165, 1.54) is 0 Å². The quantitative estimate of drug-likeness (QED) is 0.748. The first kappa shape index (κ1) is 12.8. The minimum Gasteiger partial charge on any atom is -0.382 e. The lowest BCUT2D eigenvalue weighted by atomic mass is 10.0. The molecule has 0 radical (unpaired) electrons. The number of rotatable bonds is 1. The average Bonchev–Trinajstić information content (AvgIpc) is 2.74. The van der Waals surface area contributed by atoms with Crippen molar-refractivity contribution in [3.05, 3.63) is 34.9 Å². The number of nitrogens with two attached hydrogens (primary N) is 1. The van der Waals surface area contributed by atoms with E-state index in [0.29, 0.717) is 22.0 Å². The highest BCUT2D eigenvalue weighted by molar-refractivity contribution is 6.35. The summed E-state index contributed by atoms with van der Waals surface area (Å²) in [6.45, 7) is 1.86. The summed E-state index contributed by atoms with van der Waals surface area (Å²) in [6, 6.07) is 3.27. The minimum absolute atomic E-state index is 0.0618. The van der Waals surface area contributed by atoms with Gasteiger partial charge in [-0.1, -0.05) is 11.6 Å². The summed E-state index contributed by atoms with van der Waals surface area (Å²) >= 11 is 6.05. The average molecular weight is 292 g/mol. The maximum atomic E-state index is 14.4. The van der Waals surface area contributed by atoms with Crippen LogP contribution in [0.3, 0.4) is 0 Å². The van der Waals surface area contributed by atoms with Gasteiger partial charge in [0.2, 0.25) is 0 Å². The Labute approximate surface area is 119 Å². The number of nitrogen functional groups attached to an aromatic ring is 1. The Kier molecular flexibility index (Phi) is 2.83. The Balaban J connectivity index is 2.36. The van der Waals surface area contributed by atoms with Crippen molar-refractivity contribution in [3.8, 4) is 11.1 Å². The van der Waals surface area contributed by atoms with Crippen molar-refractivity contribution in [2.45, 2.75) is 6.92 Å². The molecule has 2 aromatic heterocycles. The Bertz CT molecular complexity index is 827. The molecule has 0 spiro atoms. The molecule has 0 aliphatic heterocycles. The number of hydrogen-bond acceptors (Lipinski definition) is 4. The van der Waals surface area contributed by atoms with E-state index in [9.17, 15) is 4.39 Å². The smallest absolute Gasteiger partial charge is 0.152 e. The second-order valence-electron chi connectivity index (χ2n) is 4.53. The summed E-state index contributed by atoms with van der Waals surface area (Å²) < 4.78 is 16.1. The third-order valence-electron chi connectivity index (χ3n) is 3.30. The van der Waals surface area contributed by atoms with E-state index in [4.69, 9.17) is 17.3 Å². The summed E-state index contributed by atoms with van der Waals surface area (Å²) in [5, 5.41) is 12.2. The molecule has 0 aliphatic rings. The van der Waals surface area contributed by atoms with Crippen LogP contribution < -0.4 is 5.73 Å². The fourth-order valence-corrected chi connectivity index (χ4v) is 2.35. The Morgan fingerprint density at radius 2 is 2.00 bits per heavy atom. The number of hydrogen-bond donors (Lipinski definition) is 1. The minimum atomic E-state index is -0.533. The number of nitrogens with zero attached hydrogens (tertiary/aromatic N) is 4. The second kappa shape index (κ2) is 4.42. The van der Waals surface area contributed by atoms with Crippen molar-refractivity contribution in [1.82, 2.24) is 20.0 Å². The monoisotopic (exact) mass is 291 g/mol. The van der Waals surface area contributed by atoms with Gasteiger partial charge < -0.3 is 5.73 Å². The molecule has 2 heterocycles. The molecule has 20 heavy (non-hydrogen) atoms. The topological polar surface area (TPSA) is 69.6 Å². The molecule has 0 amide bonds. The fraction of sp³-hybridized carbons (Fsp3) is 0.154. The zero-order chi connectivity index (χ0) is 14.4. The maximum absolute atomic E-state index is 14.4. The summed E-state index contributed by atoms with van der Waals surface area (Å²) in [7, 11) is 1.79. The first-order valence-corrected chi connectivity index (χ1v) is 6.26. The van der Waals surface area contributed by atoms with Crippen LogP contribution in [-0.4, -0.2) is 20.0 Å². The van der Waals surface area contributed by atoms with Crippen molar-refractivity contribution in [3.63, 3.8) is 0 Å². The van der Waals surface area contributed by atoms with Gasteiger partial charge in [0, 0.05) is 29.3 Å². The number of fused-ring (bicyclic) bond motifs is 1. The highest BCUT2D eigenvalue weighted by atomic mass is 35.5. The van der Waals surface area contributed by atoms with Crippen LogP contribution in [-0.2, 0) is 7.05 Å². The highest BCUT2D eigenvalue weighted by Crippen LogP contribution is 2.34. The predicted octanol–water partition coefficient (Wildman–Crippen LogP) is 2.71. The van der Waals surface area contributed by atoms with E-state index in [1.807, 2.05) is 6.92 Å². The molecule has 5 nitrogen and oxygen atoms in total. The van der Waals surface area contributed by atoms with E-state index in [0.717, 1.165) is 5.69 Å². The highest BCUT2D eigenvalue weighted by Gasteiger charge is 2.18. The summed E-state index contributed by atoms with van der Waals surface area (Å²) in [6.07, 6.45) is 1.61. The molecule has 0 saturated heterocycles. The molecule has 0 bridgehead atoms. The molecule has 102 valence electrons. The molecular formula is C13H11ClFN5. The van der Waals surface area contributed by atoms with Crippen LogP contribution in [0.25, 0.3) is 22.0 Å². The van der Waals surface area contributed by atoms with E-state index < -0.39 is 5.82 Å². The number of anilines is 1. The molecule has 0 atom stereocenters. The normalized spacial score (nSPS) is 11.2. The summed E-state index contributed by atoms with van der Waals surface area (Å²) in [5.41, 5.74) is 7.80. The van der Waals surface area contributed by atoms with Gasteiger partial charge in [0.05, 0.1) is 6.20 Å². The maximum Gasteiger partial charge on any atom is 0.152 e. The number of halogens is 2. The van der Waals surface area contributed by atoms with Gasteiger partial charge in [-0.15, -0.1) is 10.2 Å². The lowest BCUT2D eigenvalue weighted by Crippen LogP contribution is -1.97. The first-order chi connectivity index (χ1) is 9.49. The van der Waals surface area contributed by atoms with Crippen molar-refractivity contribution in [2.24, 2.45) is 7.05 Å². The molecule has 0 aliphatic carbocycles. The third kappa shape index (κ3) is 1.80. The van der Waals surface area contributed by atoms with Gasteiger partial charge in [-0.2, -0.15) is 5.10 Å². The largest absolute Gasteiger partial charge is 0.382 e. The van der Waals surface area contributed by atoms with Gasteiger partial charge in [0.1, 0.15) is 16.4 Å². The summed E-state index contributed by atoms with van der Waals surface area (Å²) in [4.78, 5) is 0. The van der Waals surface area contributed by atoms with E-state index in [2.05, 4.69) is 15.3 Å². The zero-order valence-electron chi connectivity index (χ0n) is 10.9. The fourth-order valence-electron chi connectivity index (χ4n) is 2.10. The Hall–Kier alpha value is -2.21. The molecule has 2 N–H and O–H groups in total. The molecule has 3 rings (SSSR count). The SMILES string of the molecule is Cc1c(-c2cc3cc(N)nnc3c(Cl)c2F)cnn1C. The number of benzene rings is 1. The Morgan fingerprint density at radius 1 is 1.25 bits per heavy atom. The predicted molar refractivity (Wildman–Crippen MR) is 75.9 cm³/mol. The van der Waals surface area contributed by atoms with Gasteiger partial charge in [0.15, 0.2) is 5.82 Å². The second-order valence-corrected chi connectivity index (χ2v) is 4.90. The lowest BCUT2D eigenvalue weighted by molar-refractivity contribution is 0.632. The first-order valence-electron chi connectivity index (χ1n) is 5.89. The van der Waals surface area contributed by atoms with Crippen molar-refractivity contribution in [2.75, 3.05) is 5.73 Å². The lowest BCUT2D eigenvalue weighted by Gasteiger charge is -2.08. The van der Waals surface area contributed by atoms with Crippen LogP contribution in [0.4, 0.5) is 10.2 Å². The van der Waals surface area contributed by atoms with Crippen molar-refractivity contribution >= 4 is 28.3 Å². The van der Waals surface area contributed by atoms with Crippen LogP contribution in [0, 0.1) is 12.7 Å². The van der Waals surface area contributed by atoms with Gasteiger partial charge >= 0.3 is 0 Å². The van der Waals surface area contributed by atoms with Gasteiger partial charge in [0.25, 0.3) is 0 Å². The molecule has 1 aromatic carbocycles. The molecular weight excluding hydrogens is 281 g/mol. The molecule has 7 heteroatoms. The van der Waals surface area contributed by atoms with Gasteiger partial charge in [-0.3, -0.25) is 4.68 Å². The van der Waals surface area contributed by atoms with E-state index >= 15 is 0 Å². The van der Waals surface area contributed by atoms with Crippen LogP contribution >= 0.6 is 11.6 Å². The number of aryl methyl sites for hydroxylation is 1. The summed E-state index contributed by atoms with van der Waals surface area (Å²) in [5.74, 6) is -0.275. The van der Waals surface area contributed by atoms with Crippen LogP contribution in [0.2, 0.25) is 5.02 Å². The van der Waals surface area contributed by atoms with Crippen LogP contribution in [0.1, 0.15) is 5.69 Å². The van der Waals surface area contributed by atoms with Crippen molar-refractivity contribution < 1.29 is 4.39 Å². The third-order valence-corrected chi connectivity index (χ3v) is 3.65. The van der Waals surface area contributed by atoms with E-state index in [-0.39, 0.29) is 10.8 Å². The van der Waals surface area contributed by atoms with Crippen LogP contribution in [0.15, 0.2) is 18.3 Å². The standard InChI is InChI=1S/C13H11ClFN5/c1-6-9(5-17-20(6)2)8-3-7-4-10(16)18-19-13(7)11(14)12(8)15/h3-5H,1-2H3,(H2,16,18). The molecule has 0 unspecified atom stereocenters.